The average Bonchev–Trinajstić information content (AvgIpc) is 2.15. The van der Waals surface area contributed by atoms with E-state index in [-0.39, 0.29) is 11.3 Å². The third-order valence-electron chi connectivity index (χ3n) is 1.94. The zero-order valence-corrected chi connectivity index (χ0v) is 7.85. The van der Waals surface area contributed by atoms with Gasteiger partial charge in [0.25, 0.3) is 0 Å². The number of nitrogens with two attached hydrogens (primary N) is 1. The highest BCUT2D eigenvalue weighted by atomic mass is 16.8. The fraction of sp³-hybridized carbons (Fsp3) is 0.714. The maximum atomic E-state index is 8.33. The minimum atomic E-state index is -0.264. The van der Waals surface area contributed by atoms with Crippen LogP contribution >= 0.6 is 0 Å². The van der Waals surface area contributed by atoms with Gasteiger partial charge in [-0.2, -0.15) is 5.10 Å². The molecule has 1 rings (SSSR count). The molecule has 5 N–H and O–H groups in total. The van der Waals surface area contributed by atoms with Gasteiger partial charge in [-0.15, -0.1) is 5.10 Å². The number of hydrogen-bond acceptors (Lipinski definition) is 5. The Kier molecular flexibility index (Phi) is 4.30. The fourth-order valence-corrected chi connectivity index (χ4v) is 1.31. The van der Waals surface area contributed by atoms with Crippen molar-refractivity contribution in [1.29, 1.82) is 0 Å². The standard InChI is InChI=1S/C7H15N5O2/c8-7(11-12(13)14)10-9-6-4-2-1-3-5-6/h13-14H,1-5H2,(H3,8,10,11). The van der Waals surface area contributed by atoms with Crippen molar-refractivity contribution in [1.82, 2.24) is 10.8 Å². The zero-order chi connectivity index (χ0) is 10.4. The van der Waals surface area contributed by atoms with Crippen molar-refractivity contribution in [2.45, 2.75) is 32.1 Å². The number of nitrogens with zero attached hydrogens (tertiary/aromatic N) is 3. The van der Waals surface area contributed by atoms with E-state index in [1.807, 2.05) is 5.43 Å². The molecule has 7 nitrogen and oxygen atoms in total. The summed E-state index contributed by atoms with van der Waals surface area (Å²) in [4.78, 5) is 0. The lowest BCUT2D eigenvalue weighted by Crippen LogP contribution is -2.41. The third kappa shape index (κ3) is 4.17. The summed E-state index contributed by atoms with van der Waals surface area (Å²) in [7, 11) is 0. The van der Waals surface area contributed by atoms with E-state index in [0.717, 1.165) is 31.4 Å². The molecule has 14 heavy (non-hydrogen) atoms. The molecule has 7 heteroatoms. The van der Waals surface area contributed by atoms with Gasteiger partial charge in [-0.3, -0.25) is 10.4 Å². The van der Waals surface area contributed by atoms with Crippen molar-refractivity contribution in [2.24, 2.45) is 15.9 Å². The summed E-state index contributed by atoms with van der Waals surface area (Å²) >= 11 is 0. The van der Waals surface area contributed by atoms with Crippen LogP contribution in [0.3, 0.4) is 0 Å². The van der Waals surface area contributed by atoms with Crippen LogP contribution in [-0.4, -0.2) is 27.4 Å². The molecule has 1 aliphatic carbocycles. The van der Waals surface area contributed by atoms with E-state index in [0.29, 0.717) is 0 Å². The number of nitrogens with one attached hydrogen (secondary N) is 1. The molecule has 0 amide bonds. The van der Waals surface area contributed by atoms with Crippen LogP contribution in [0.1, 0.15) is 32.1 Å². The number of rotatable bonds is 2. The van der Waals surface area contributed by atoms with Gasteiger partial charge in [-0.1, -0.05) is 6.42 Å². The second-order valence-corrected chi connectivity index (χ2v) is 3.11. The van der Waals surface area contributed by atoms with Crippen LogP contribution in [0, 0.1) is 0 Å². The molecule has 0 aliphatic heterocycles. The predicted octanol–water partition coefficient (Wildman–Crippen LogP) is 0.206. The van der Waals surface area contributed by atoms with Crippen molar-refractivity contribution in [2.75, 3.05) is 0 Å². The maximum Gasteiger partial charge on any atom is 0.232 e. The van der Waals surface area contributed by atoms with Gasteiger partial charge in [0.15, 0.2) is 0 Å². The summed E-state index contributed by atoms with van der Waals surface area (Å²) in [5, 5.41) is 23.9. The van der Waals surface area contributed by atoms with E-state index in [1.165, 1.54) is 6.42 Å². The minimum Gasteiger partial charge on any atom is -0.367 e. The van der Waals surface area contributed by atoms with Crippen LogP contribution in [0.2, 0.25) is 0 Å². The molecule has 0 atom stereocenters. The van der Waals surface area contributed by atoms with Crippen molar-refractivity contribution in [3.63, 3.8) is 0 Å². The Balaban J connectivity index is 2.41. The normalized spacial score (nSPS) is 18.5. The Labute approximate surface area is 81.8 Å². The summed E-state index contributed by atoms with van der Waals surface area (Å²) in [6.45, 7) is 0. The lowest BCUT2D eigenvalue weighted by Gasteiger charge is -2.10. The molecular formula is C7H15N5O2. The molecule has 0 saturated heterocycles. The second-order valence-electron chi connectivity index (χ2n) is 3.11. The van der Waals surface area contributed by atoms with E-state index in [2.05, 4.69) is 10.2 Å². The molecular weight excluding hydrogens is 186 g/mol. The largest absolute Gasteiger partial charge is 0.367 e. The Morgan fingerprint density at radius 3 is 2.50 bits per heavy atom. The molecule has 1 fully saturated rings. The highest BCUT2D eigenvalue weighted by molar-refractivity contribution is 5.86. The van der Waals surface area contributed by atoms with Gasteiger partial charge in [0.1, 0.15) is 0 Å². The number of hydrazine groups is 1. The predicted molar refractivity (Wildman–Crippen MR) is 50.7 cm³/mol. The highest BCUT2D eigenvalue weighted by Crippen LogP contribution is 2.14. The molecule has 0 spiro atoms. The summed E-state index contributed by atoms with van der Waals surface area (Å²) < 4.78 is 0. The van der Waals surface area contributed by atoms with Crippen LogP contribution < -0.4 is 11.2 Å². The number of hydrogen-bond donors (Lipinski definition) is 4. The summed E-state index contributed by atoms with van der Waals surface area (Å²) in [6.07, 6.45) is 5.39. The fourth-order valence-electron chi connectivity index (χ4n) is 1.31. The van der Waals surface area contributed by atoms with Gasteiger partial charge >= 0.3 is 0 Å². The smallest absolute Gasteiger partial charge is 0.232 e. The zero-order valence-electron chi connectivity index (χ0n) is 7.85. The molecule has 80 valence electrons. The topological polar surface area (TPSA) is 106 Å². The van der Waals surface area contributed by atoms with Gasteiger partial charge in [-0.05, 0) is 25.7 Å². The third-order valence-corrected chi connectivity index (χ3v) is 1.94. The lowest BCUT2D eigenvalue weighted by atomic mass is 9.99. The monoisotopic (exact) mass is 201 g/mol. The van der Waals surface area contributed by atoms with Gasteiger partial charge < -0.3 is 5.73 Å². The first kappa shape index (κ1) is 10.9. The first-order valence-corrected chi connectivity index (χ1v) is 4.52. The van der Waals surface area contributed by atoms with Crippen LogP contribution in [-0.2, 0) is 0 Å². The molecule has 0 bridgehead atoms. The van der Waals surface area contributed by atoms with Gasteiger partial charge in [0, 0.05) is 11.0 Å². The van der Waals surface area contributed by atoms with E-state index < -0.39 is 0 Å². The molecule has 1 aliphatic rings. The Morgan fingerprint density at radius 1 is 1.29 bits per heavy atom. The molecule has 0 aromatic heterocycles. The Morgan fingerprint density at radius 2 is 1.93 bits per heavy atom. The SMILES string of the molecule is NC(=NN=C1CCCCC1)NN(O)O. The molecule has 0 aromatic carbocycles. The summed E-state index contributed by atoms with van der Waals surface area (Å²) in [6, 6.07) is 0. The van der Waals surface area contributed by atoms with Gasteiger partial charge in [-0.25, -0.2) is 5.43 Å². The quantitative estimate of drug-likeness (QED) is 0.290. The molecule has 0 unspecified atom stereocenters. The van der Waals surface area contributed by atoms with Crippen LogP contribution in [0.4, 0.5) is 0 Å². The molecule has 0 heterocycles. The molecule has 0 aromatic rings. The van der Waals surface area contributed by atoms with E-state index in [1.54, 1.807) is 0 Å². The van der Waals surface area contributed by atoms with Crippen LogP contribution in [0.15, 0.2) is 10.2 Å². The first-order valence-electron chi connectivity index (χ1n) is 4.52. The molecule has 1 saturated carbocycles. The summed E-state index contributed by atoms with van der Waals surface area (Å²) in [5.74, 6) is -0.159. The van der Waals surface area contributed by atoms with Gasteiger partial charge in [0.05, 0.1) is 0 Å². The summed E-state index contributed by atoms with van der Waals surface area (Å²) in [5.41, 5.74) is 8.21. The lowest BCUT2D eigenvalue weighted by molar-refractivity contribution is -0.329. The molecule has 0 radical (unpaired) electrons. The highest BCUT2D eigenvalue weighted by Gasteiger charge is 2.06. The van der Waals surface area contributed by atoms with Crippen molar-refractivity contribution >= 4 is 11.7 Å². The van der Waals surface area contributed by atoms with Gasteiger partial charge in [0.2, 0.25) is 5.96 Å². The van der Waals surface area contributed by atoms with E-state index >= 15 is 0 Å². The maximum absolute atomic E-state index is 8.33. The second kappa shape index (κ2) is 5.53. The average molecular weight is 201 g/mol. The Hall–Kier alpha value is -1.18. The first-order chi connectivity index (χ1) is 6.68. The van der Waals surface area contributed by atoms with E-state index in [4.69, 9.17) is 16.1 Å². The van der Waals surface area contributed by atoms with Crippen molar-refractivity contribution < 1.29 is 10.4 Å². The minimum absolute atomic E-state index is 0.159. The van der Waals surface area contributed by atoms with Crippen LogP contribution in [0.5, 0.6) is 0 Å². The van der Waals surface area contributed by atoms with Crippen molar-refractivity contribution in [3.8, 4) is 0 Å². The van der Waals surface area contributed by atoms with Crippen LogP contribution in [0.25, 0.3) is 0 Å². The van der Waals surface area contributed by atoms with E-state index in [9.17, 15) is 0 Å². The number of guanidine groups is 1. The Bertz CT molecular complexity index is 230. The van der Waals surface area contributed by atoms with Crippen molar-refractivity contribution in [3.05, 3.63) is 0 Å².